The van der Waals surface area contributed by atoms with Crippen LogP contribution < -0.4 is 14.8 Å². The van der Waals surface area contributed by atoms with Crippen molar-refractivity contribution in [1.29, 1.82) is 0 Å². The highest BCUT2D eigenvalue weighted by Gasteiger charge is 2.28. The standard InChI is InChI=1S/C22H26F2N2O5S/c1-15-9-11-26(12-10-15)32(28,29)18-6-4-17(5-7-18)21(27)25-14-16-3-8-19(31-22(23)24)20(13-16)30-2/h3-8,13,15,22H,9-12,14H2,1-2H3,(H,25,27). The summed E-state index contributed by atoms with van der Waals surface area (Å²) in [6.07, 6.45) is 1.67. The highest BCUT2D eigenvalue weighted by Crippen LogP contribution is 2.29. The zero-order valence-electron chi connectivity index (χ0n) is 17.9. The number of amides is 1. The summed E-state index contributed by atoms with van der Waals surface area (Å²) in [7, 11) is -2.25. The fourth-order valence-corrected chi connectivity index (χ4v) is 4.92. The van der Waals surface area contributed by atoms with Gasteiger partial charge in [0.1, 0.15) is 0 Å². The number of ether oxygens (including phenoxy) is 2. The van der Waals surface area contributed by atoms with Crippen LogP contribution in [0.5, 0.6) is 11.5 Å². The predicted molar refractivity (Wildman–Crippen MR) is 114 cm³/mol. The van der Waals surface area contributed by atoms with Crippen molar-refractivity contribution >= 4 is 15.9 Å². The lowest BCUT2D eigenvalue weighted by molar-refractivity contribution is -0.0512. The number of benzene rings is 2. The van der Waals surface area contributed by atoms with Gasteiger partial charge in [0, 0.05) is 25.2 Å². The van der Waals surface area contributed by atoms with Gasteiger partial charge in [-0.05, 0) is 60.7 Å². The van der Waals surface area contributed by atoms with Gasteiger partial charge in [0.2, 0.25) is 10.0 Å². The van der Waals surface area contributed by atoms with Crippen LogP contribution in [0.4, 0.5) is 8.78 Å². The molecule has 32 heavy (non-hydrogen) atoms. The number of carbonyl (C=O) groups excluding carboxylic acids is 1. The number of nitrogens with zero attached hydrogens (tertiary/aromatic N) is 1. The van der Waals surface area contributed by atoms with Gasteiger partial charge in [-0.15, -0.1) is 0 Å². The molecule has 7 nitrogen and oxygen atoms in total. The molecule has 0 saturated carbocycles. The fourth-order valence-electron chi connectivity index (χ4n) is 3.45. The van der Waals surface area contributed by atoms with Crippen LogP contribution in [0.25, 0.3) is 0 Å². The Morgan fingerprint density at radius 1 is 1.12 bits per heavy atom. The molecule has 0 aromatic heterocycles. The normalized spacial score (nSPS) is 15.5. The first kappa shape index (κ1) is 23.9. The third-order valence-electron chi connectivity index (χ3n) is 5.39. The van der Waals surface area contributed by atoms with Crippen molar-refractivity contribution in [1.82, 2.24) is 9.62 Å². The highest BCUT2D eigenvalue weighted by atomic mass is 32.2. The van der Waals surface area contributed by atoms with Crippen molar-refractivity contribution in [3.63, 3.8) is 0 Å². The molecule has 1 aliphatic heterocycles. The second kappa shape index (κ2) is 10.3. The number of carbonyl (C=O) groups is 1. The number of rotatable bonds is 8. The summed E-state index contributed by atoms with van der Waals surface area (Å²) in [5, 5.41) is 2.71. The van der Waals surface area contributed by atoms with E-state index in [2.05, 4.69) is 17.0 Å². The summed E-state index contributed by atoms with van der Waals surface area (Å²) >= 11 is 0. The van der Waals surface area contributed by atoms with Crippen LogP contribution in [-0.2, 0) is 16.6 Å². The summed E-state index contributed by atoms with van der Waals surface area (Å²) in [5.41, 5.74) is 0.927. The second-order valence-electron chi connectivity index (χ2n) is 7.66. The maximum absolute atomic E-state index is 12.8. The zero-order valence-corrected chi connectivity index (χ0v) is 18.7. The van der Waals surface area contributed by atoms with E-state index >= 15 is 0 Å². The molecule has 174 valence electrons. The van der Waals surface area contributed by atoms with Gasteiger partial charge in [0.25, 0.3) is 5.91 Å². The van der Waals surface area contributed by atoms with Gasteiger partial charge < -0.3 is 14.8 Å². The Hall–Kier alpha value is -2.72. The maximum atomic E-state index is 12.8. The first-order valence-corrected chi connectivity index (χ1v) is 11.6. The number of nitrogens with one attached hydrogen (secondary N) is 1. The molecule has 0 atom stereocenters. The number of hydrogen-bond acceptors (Lipinski definition) is 5. The van der Waals surface area contributed by atoms with Crippen LogP contribution in [-0.4, -0.2) is 45.4 Å². The van der Waals surface area contributed by atoms with E-state index in [1.165, 1.54) is 53.9 Å². The predicted octanol–water partition coefficient (Wildman–Crippen LogP) is 3.65. The molecular formula is C22H26F2N2O5S. The van der Waals surface area contributed by atoms with E-state index in [1.807, 2.05) is 0 Å². The zero-order chi connectivity index (χ0) is 23.3. The van der Waals surface area contributed by atoms with Gasteiger partial charge in [0.15, 0.2) is 11.5 Å². The van der Waals surface area contributed by atoms with Gasteiger partial charge >= 0.3 is 6.61 Å². The van der Waals surface area contributed by atoms with E-state index < -0.39 is 22.5 Å². The number of halogens is 2. The maximum Gasteiger partial charge on any atom is 0.387 e. The summed E-state index contributed by atoms with van der Waals surface area (Å²) in [4.78, 5) is 12.6. The average Bonchev–Trinajstić information content (AvgIpc) is 2.78. The largest absolute Gasteiger partial charge is 0.493 e. The average molecular weight is 469 g/mol. The summed E-state index contributed by atoms with van der Waals surface area (Å²) in [6.45, 7) is 0.252. The number of sulfonamides is 1. The first-order valence-electron chi connectivity index (χ1n) is 10.2. The molecule has 1 amide bonds. The van der Waals surface area contributed by atoms with Crippen molar-refractivity contribution in [3.05, 3.63) is 53.6 Å². The lowest BCUT2D eigenvalue weighted by atomic mass is 10.0. The van der Waals surface area contributed by atoms with Crippen LogP contribution in [0.2, 0.25) is 0 Å². The highest BCUT2D eigenvalue weighted by molar-refractivity contribution is 7.89. The fraction of sp³-hybridized carbons (Fsp3) is 0.409. The van der Waals surface area contributed by atoms with E-state index in [-0.39, 0.29) is 22.9 Å². The first-order chi connectivity index (χ1) is 15.2. The van der Waals surface area contributed by atoms with E-state index in [4.69, 9.17) is 4.74 Å². The molecule has 0 radical (unpaired) electrons. The van der Waals surface area contributed by atoms with Crippen molar-refractivity contribution in [2.45, 2.75) is 37.8 Å². The summed E-state index contributed by atoms with van der Waals surface area (Å²) in [5.74, 6) is 0.143. The molecule has 1 fully saturated rings. The molecule has 1 heterocycles. The quantitative estimate of drug-likeness (QED) is 0.639. The van der Waals surface area contributed by atoms with Crippen LogP contribution in [0, 0.1) is 5.92 Å². The summed E-state index contributed by atoms with van der Waals surface area (Å²) in [6, 6.07) is 10.2. The molecule has 10 heteroatoms. The van der Waals surface area contributed by atoms with Gasteiger partial charge in [-0.2, -0.15) is 13.1 Å². The van der Waals surface area contributed by atoms with E-state index in [9.17, 15) is 22.0 Å². The third-order valence-corrected chi connectivity index (χ3v) is 7.31. The van der Waals surface area contributed by atoms with E-state index in [1.54, 1.807) is 0 Å². The Bertz CT molecular complexity index is 1040. The molecule has 3 rings (SSSR count). The molecular weight excluding hydrogens is 442 g/mol. The molecule has 1 N–H and O–H groups in total. The minimum atomic E-state index is -3.58. The second-order valence-corrected chi connectivity index (χ2v) is 9.60. The minimum Gasteiger partial charge on any atom is -0.493 e. The van der Waals surface area contributed by atoms with Gasteiger partial charge in [-0.1, -0.05) is 13.0 Å². The van der Waals surface area contributed by atoms with Crippen LogP contribution in [0.1, 0.15) is 35.7 Å². The van der Waals surface area contributed by atoms with Gasteiger partial charge in [-0.3, -0.25) is 4.79 Å². The van der Waals surface area contributed by atoms with E-state index in [0.717, 1.165) is 12.8 Å². The number of piperidine rings is 1. The Labute approximate surface area is 186 Å². The van der Waals surface area contributed by atoms with Crippen molar-refractivity contribution in [3.8, 4) is 11.5 Å². The molecule has 0 unspecified atom stereocenters. The Balaban J connectivity index is 1.63. The van der Waals surface area contributed by atoms with Crippen LogP contribution in [0.3, 0.4) is 0 Å². The molecule has 2 aromatic carbocycles. The molecule has 2 aromatic rings. The molecule has 0 bridgehead atoms. The Morgan fingerprint density at radius 3 is 2.38 bits per heavy atom. The Morgan fingerprint density at radius 2 is 1.78 bits per heavy atom. The lowest BCUT2D eigenvalue weighted by Crippen LogP contribution is -2.37. The topological polar surface area (TPSA) is 84.9 Å². The monoisotopic (exact) mass is 468 g/mol. The SMILES string of the molecule is COc1cc(CNC(=O)c2ccc(S(=O)(=O)N3CCC(C)CC3)cc2)ccc1OC(F)F. The van der Waals surface area contributed by atoms with Gasteiger partial charge in [0.05, 0.1) is 12.0 Å². The Kier molecular flexibility index (Phi) is 7.68. The van der Waals surface area contributed by atoms with Gasteiger partial charge in [-0.25, -0.2) is 8.42 Å². The minimum absolute atomic E-state index is 0.0995. The summed E-state index contributed by atoms with van der Waals surface area (Å²) < 4.78 is 61.4. The molecule has 1 aliphatic rings. The van der Waals surface area contributed by atoms with Crippen molar-refractivity contribution in [2.75, 3.05) is 20.2 Å². The number of hydrogen-bond donors (Lipinski definition) is 1. The van der Waals surface area contributed by atoms with Crippen molar-refractivity contribution < 1.29 is 31.5 Å². The van der Waals surface area contributed by atoms with Crippen LogP contribution in [0.15, 0.2) is 47.4 Å². The number of alkyl halides is 2. The lowest BCUT2D eigenvalue weighted by Gasteiger charge is -2.29. The smallest absolute Gasteiger partial charge is 0.387 e. The molecule has 0 aliphatic carbocycles. The van der Waals surface area contributed by atoms with Crippen LogP contribution >= 0.6 is 0 Å². The number of methoxy groups -OCH3 is 1. The molecule has 1 saturated heterocycles. The molecule has 0 spiro atoms. The van der Waals surface area contributed by atoms with E-state index in [0.29, 0.717) is 30.1 Å². The third kappa shape index (κ3) is 5.74. The van der Waals surface area contributed by atoms with Crippen molar-refractivity contribution in [2.24, 2.45) is 5.92 Å².